The fourth-order valence-electron chi connectivity index (χ4n) is 1.54. The van der Waals surface area contributed by atoms with Crippen LogP contribution in [0.1, 0.15) is 16.8 Å². The molecule has 6 heteroatoms. The van der Waals surface area contributed by atoms with E-state index in [0.717, 1.165) is 6.42 Å². The maximum Gasteiger partial charge on any atom is 0.343 e. The molecule has 2 heterocycles. The van der Waals surface area contributed by atoms with Crippen LogP contribution in [0.3, 0.4) is 0 Å². The highest BCUT2D eigenvalue weighted by Crippen LogP contribution is 2.23. The first kappa shape index (κ1) is 12.3. The monoisotopic (exact) mass is 301 g/mol. The van der Waals surface area contributed by atoms with E-state index in [2.05, 4.69) is 25.7 Å². The summed E-state index contributed by atoms with van der Waals surface area (Å²) in [4.78, 5) is 15.7. The molecule has 1 aliphatic rings. The van der Waals surface area contributed by atoms with Crippen molar-refractivity contribution in [2.45, 2.75) is 12.5 Å². The molecule has 0 aromatic carbocycles. The number of pyridine rings is 1. The first-order chi connectivity index (χ1) is 8.20. The summed E-state index contributed by atoms with van der Waals surface area (Å²) in [7, 11) is 1.33. The fraction of sp³-hybridized carbons (Fsp3) is 0.455. The Balaban J connectivity index is 2.22. The van der Waals surface area contributed by atoms with Gasteiger partial charge in [-0.2, -0.15) is 0 Å². The Bertz CT molecular complexity index is 418. The van der Waals surface area contributed by atoms with Crippen LogP contribution >= 0.6 is 15.9 Å². The molecule has 0 N–H and O–H groups in total. The molecule has 92 valence electrons. The molecule has 1 aromatic heterocycles. The van der Waals surface area contributed by atoms with Gasteiger partial charge in [0.05, 0.1) is 20.3 Å². The summed E-state index contributed by atoms with van der Waals surface area (Å²) in [6, 6.07) is 1.63. The van der Waals surface area contributed by atoms with Gasteiger partial charge in [0.25, 0.3) is 0 Å². The molecular weight excluding hydrogens is 290 g/mol. The van der Waals surface area contributed by atoms with Gasteiger partial charge in [0.1, 0.15) is 11.7 Å². The van der Waals surface area contributed by atoms with Gasteiger partial charge in [0, 0.05) is 17.1 Å². The van der Waals surface area contributed by atoms with Crippen LogP contribution in [0, 0.1) is 0 Å². The number of rotatable bonds is 3. The normalized spacial score (nSPS) is 19.1. The number of hydrogen-bond acceptors (Lipinski definition) is 5. The zero-order valence-corrected chi connectivity index (χ0v) is 10.9. The lowest BCUT2D eigenvalue weighted by Gasteiger charge is -2.13. The van der Waals surface area contributed by atoms with Gasteiger partial charge in [-0.15, -0.1) is 0 Å². The van der Waals surface area contributed by atoms with E-state index in [1.54, 1.807) is 12.3 Å². The number of carbonyl (C=O) groups is 1. The Morgan fingerprint density at radius 3 is 3.12 bits per heavy atom. The molecule has 0 amide bonds. The van der Waals surface area contributed by atoms with Crippen molar-refractivity contribution in [3.8, 4) is 5.88 Å². The topological polar surface area (TPSA) is 57.7 Å². The van der Waals surface area contributed by atoms with Crippen LogP contribution in [0.15, 0.2) is 16.7 Å². The molecule has 2 rings (SSSR count). The van der Waals surface area contributed by atoms with E-state index in [0.29, 0.717) is 23.2 Å². The van der Waals surface area contributed by atoms with Gasteiger partial charge in [-0.3, -0.25) is 0 Å². The molecule has 17 heavy (non-hydrogen) atoms. The van der Waals surface area contributed by atoms with Gasteiger partial charge in [-0.25, -0.2) is 9.78 Å². The summed E-state index contributed by atoms with van der Waals surface area (Å²) < 4.78 is 16.2. The number of ether oxygens (including phenoxy) is 3. The Labute approximate surface area is 107 Å². The Morgan fingerprint density at radius 2 is 2.47 bits per heavy atom. The highest BCUT2D eigenvalue weighted by molar-refractivity contribution is 9.10. The van der Waals surface area contributed by atoms with Crippen LogP contribution in [0.25, 0.3) is 0 Å². The van der Waals surface area contributed by atoms with Crippen molar-refractivity contribution < 1.29 is 19.0 Å². The molecule has 0 unspecified atom stereocenters. The van der Waals surface area contributed by atoms with Crippen LogP contribution in [0.4, 0.5) is 0 Å². The van der Waals surface area contributed by atoms with Crippen molar-refractivity contribution in [1.82, 2.24) is 4.98 Å². The van der Waals surface area contributed by atoms with Crippen molar-refractivity contribution in [1.29, 1.82) is 0 Å². The zero-order chi connectivity index (χ0) is 12.3. The molecule has 1 atom stereocenters. The minimum absolute atomic E-state index is 0.0490. The van der Waals surface area contributed by atoms with Gasteiger partial charge in [-0.05, 0) is 22.0 Å². The summed E-state index contributed by atoms with van der Waals surface area (Å²) in [5.41, 5.74) is 0.314. The van der Waals surface area contributed by atoms with Crippen LogP contribution in [-0.2, 0) is 9.47 Å². The van der Waals surface area contributed by atoms with Crippen molar-refractivity contribution in [2.24, 2.45) is 0 Å². The molecule has 0 aliphatic carbocycles. The largest absolute Gasteiger partial charge is 0.471 e. The van der Waals surface area contributed by atoms with Crippen molar-refractivity contribution in [2.75, 3.05) is 20.3 Å². The van der Waals surface area contributed by atoms with Crippen LogP contribution < -0.4 is 4.74 Å². The SMILES string of the molecule is COC(=O)c1cc(Br)cnc1O[C@@H]1CCOC1. The average molecular weight is 302 g/mol. The molecule has 0 saturated carbocycles. The van der Waals surface area contributed by atoms with Gasteiger partial charge >= 0.3 is 5.97 Å². The Hall–Kier alpha value is -1.14. The van der Waals surface area contributed by atoms with E-state index in [1.165, 1.54) is 7.11 Å². The summed E-state index contributed by atoms with van der Waals surface area (Å²) in [6.07, 6.45) is 2.34. The van der Waals surface area contributed by atoms with Crippen molar-refractivity contribution in [3.05, 3.63) is 22.3 Å². The third-order valence-corrected chi connectivity index (χ3v) is 2.82. The van der Waals surface area contributed by atoms with E-state index in [4.69, 9.17) is 9.47 Å². The second-order valence-electron chi connectivity index (χ2n) is 3.60. The van der Waals surface area contributed by atoms with Crippen LogP contribution in [0.2, 0.25) is 0 Å². The van der Waals surface area contributed by atoms with Crippen molar-refractivity contribution in [3.63, 3.8) is 0 Å². The first-order valence-corrected chi connectivity index (χ1v) is 5.98. The van der Waals surface area contributed by atoms with Crippen molar-refractivity contribution >= 4 is 21.9 Å². The maximum atomic E-state index is 11.6. The van der Waals surface area contributed by atoms with E-state index in [-0.39, 0.29) is 12.0 Å². The number of carbonyl (C=O) groups excluding carboxylic acids is 1. The molecule has 0 radical (unpaired) electrons. The summed E-state index contributed by atoms with van der Waals surface area (Å²) in [5, 5.41) is 0. The number of nitrogens with zero attached hydrogens (tertiary/aromatic N) is 1. The second-order valence-corrected chi connectivity index (χ2v) is 4.52. The zero-order valence-electron chi connectivity index (χ0n) is 9.31. The maximum absolute atomic E-state index is 11.6. The molecule has 5 nitrogen and oxygen atoms in total. The van der Waals surface area contributed by atoms with Gasteiger partial charge in [0.15, 0.2) is 0 Å². The van der Waals surface area contributed by atoms with Gasteiger partial charge < -0.3 is 14.2 Å². The molecule has 1 aliphatic heterocycles. The third-order valence-electron chi connectivity index (χ3n) is 2.39. The van der Waals surface area contributed by atoms with E-state index >= 15 is 0 Å². The summed E-state index contributed by atoms with van der Waals surface area (Å²) in [6.45, 7) is 1.20. The molecule has 0 bridgehead atoms. The average Bonchev–Trinajstić information content (AvgIpc) is 2.83. The number of methoxy groups -OCH3 is 1. The van der Waals surface area contributed by atoms with Crippen LogP contribution in [0.5, 0.6) is 5.88 Å². The molecule has 1 fully saturated rings. The smallest absolute Gasteiger partial charge is 0.343 e. The number of aromatic nitrogens is 1. The Kier molecular flexibility index (Phi) is 3.96. The van der Waals surface area contributed by atoms with Gasteiger partial charge in [0.2, 0.25) is 5.88 Å². The quantitative estimate of drug-likeness (QED) is 0.797. The predicted molar refractivity (Wildman–Crippen MR) is 63.1 cm³/mol. The summed E-state index contributed by atoms with van der Waals surface area (Å²) in [5.74, 6) is -0.178. The molecular formula is C11H12BrNO4. The molecule has 1 aromatic rings. The minimum atomic E-state index is -0.465. The fourth-order valence-corrected chi connectivity index (χ4v) is 1.87. The standard InChI is InChI=1S/C11H12BrNO4/c1-15-11(14)9-4-7(12)5-13-10(9)17-8-2-3-16-6-8/h4-5,8H,2-3,6H2,1H3/t8-/m1/s1. The van der Waals surface area contributed by atoms with E-state index < -0.39 is 5.97 Å². The highest BCUT2D eigenvalue weighted by atomic mass is 79.9. The van der Waals surface area contributed by atoms with E-state index in [9.17, 15) is 4.79 Å². The lowest BCUT2D eigenvalue weighted by atomic mass is 10.2. The molecule has 0 spiro atoms. The lowest BCUT2D eigenvalue weighted by Crippen LogP contribution is -2.18. The van der Waals surface area contributed by atoms with Gasteiger partial charge in [-0.1, -0.05) is 0 Å². The second kappa shape index (κ2) is 5.46. The minimum Gasteiger partial charge on any atom is -0.471 e. The van der Waals surface area contributed by atoms with Crippen LogP contribution in [-0.4, -0.2) is 37.4 Å². The van der Waals surface area contributed by atoms with E-state index in [1.807, 2.05) is 0 Å². The molecule has 1 saturated heterocycles. The predicted octanol–water partition coefficient (Wildman–Crippen LogP) is 1.80. The third kappa shape index (κ3) is 2.95. The summed E-state index contributed by atoms with van der Waals surface area (Å²) >= 11 is 3.26. The number of esters is 1. The number of hydrogen-bond donors (Lipinski definition) is 0. The first-order valence-electron chi connectivity index (χ1n) is 5.19. The highest BCUT2D eigenvalue weighted by Gasteiger charge is 2.22. The Morgan fingerprint density at radius 1 is 1.65 bits per heavy atom. The number of halogens is 1. The lowest BCUT2D eigenvalue weighted by molar-refractivity contribution is 0.0589.